The zero-order chi connectivity index (χ0) is 16.2. The van der Waals surface area contributed by atoms with Crippen molar-refractivity contribution in [1.29, 1.82) is 0 Å². The summed E-state index contributed by atoms with van der Waals surface area (Å²) in [5, 5.41) is 12.9. The number of nitrogens with zero attached hydrogens (tertiary/aromatic N) is 2. The van der Waals surface area contributed by atoms with Crippen molar-refractivity contribution < 1.29 is 4.79 Å². The summed E-state index contributed by atoms with van der Waals surface area (Å²) in [6.07, 6.45) is 0.654. The van der Waals surface area contributed by atoms with Crippen LogP contribution in [-0.4, -0.2) is 16.1 Å². The molecule has 23 heavy (non-hydrogen) atoms. The van der Waals surface area contributed by atoms with Gasteiger partial charge < -0.3 is 0 Å². The molecule has 1 aromatic heterocycles. The minimum absolute atomic E-state index is 0.208. The molecule has 0 saturated carbocycles. The molecule has 1 heterocycles. The van der Waals surface area contributed by atoms with Gasteiger partial charge in [-0.25, -0.2) is 0 Å². The van der Waals surface area contributed by atoms with Crippen molar-refractivity contribution in [1.82, 2.24) is 10.2 Å². The highest BCUT2D eigenvalue weighted by Gasteiger charge is 2.11. The van der Waals surface area contributed by atoms with E-state index in [0.717, 1.165) is 15.0 Å². The first-order chi connectivity index (χ1) is 11.1. The van der Waals surface area contributed by atoms with Crippen molar-refractivity contribution in [2.75, 3.05) is 5.32 Å². The molecule has 3 rings (SSSR count). The quantitative estimate of drug-likeness (QED) is 0.675. The lowest BCUT2D eigenvalue weighted by atomic mass is 10.2. The second kappa shape index (κ2) is 7.21. The van der Waals surface area contributed by atoms with Crippen LogP contribution in [0, 0.1) is 0 Å². The Hall–Kier alpha value is -1.76. The van der Waals surface area contributed by atoms with E-state index in [-0.39, 0.29) is 5.91 Å². The maximum absolute atomic E-state index is 12.2. The Bertz CT molecular complexity index is 835. The number of benzene rings is 2. The second-order valence-electron chi connectivity index (χ2n) is 4.77. The molecule has 4 nitrogen and oxygen atoms in total. The van der Waals surface area contributed by atoms with Crippen LogP contribution in [0.4, 0.5) is 5.13 Å². The van der Waals surface area contributed by atoms with E-state index < -0.39 is 0 Å². The van der Waals surface area contributed by atoms with Gasteiger partial charge in [-0.05, 0) is 35.9 Å². The average molecular weight is 409 g/mol. The van der Waals surface area contributed by atoms with E-state index in [2.05, 4.69) is 31.4 Å². The van der Waals surface area contributed by atoms with Crippen LogP contribution < -0.4 is 5.32 Å². The Balaban J connectivity index is 1.67. The fraction of sp³-hybridized carbons (Fsp3) is 0.0625. The second-order valence-corrected chi connectivity index (χ2v) is 7.18. The number of halogens is 2. The minimum Gasteiger partial charge on any atom is -0.296 e. The van der Waals surface area contributed by atoms with Gasteiger partial charge in [0.25, 0.3) is 5.91 Å². The molecule has 0 atom stereocenters. The summed E-state index contributed by atoms with van der Waals surface area (Å²) in [5.41, 5.74) is 1.66. The van der Waals surface area contributed by atoms with Crippen molar-refractivity contribution in [3.63, 3.8) is 0 Å². The largest absolute Gasteiger partial charge is 0.296 e. The fourth-order valence-corrected chi connectivity index (χ4v) is 3.25. The van der Waals surface area contributed by atoms with Crippen LogP contribution in [0.5, 0.6) is 0 Å². The van der Waals surface area contributed by atoms with Crippen LogP contribution in [-0.2, 0) is 6.42 Å². The monoisotopic (exact) mass is 407 g/mol. The topological polar surface area (TPSA) is 54.9 Å². The van der Waals surface area contributed by atoms with Crippen LogP contribution >= 0.6 is 38.9 Å². The molecule has 0 aliphatic carbocycles. The van der Waals surface area contributed by atoms with Gasteiger partial charge in [0.15, 0.2) is 0 Å². The van der Waals surface area contributed by atoms with Crippen LogP contribution in [0.3, 0.4) is 0 Å². The van der Waals surface area contributed by atoms with E-state index in [1.165, 1.54) is 11.3 Å². The fourth-order valence-electron chi connectivity index (χ4n) is 1.95. The van der Waals surface area contributed by atoms with Gasteiger partial charge in [-0.2, -0.15) is 0 Å². The maximum Gasteiger partial charge on any atom is 0.257 e. The molecular weight excluding hydrogens is 398 g/mol. The Morgan fingerprint density at radius 2 is 1.96 bits per heavy atom. The lowest BCUT2D eigenvalue weighted by Gasteiger charge is -2.01. The van der Waals surface area contributed by atoms with Gasteiger partial charge in [-0.1, -0.05) is 57.1 Å². The lowest BCUT2D eigenvalue weighted by Crippen LogP contribution is -2.11. The minimum atomic E-state index is -0.208. The van der Waals surface area contributed by atoms with Crippen molar-refractivity contribution in [3.05, 3.63) is 74.2 Å². The molecule has 0 bridgehead atoms. The Morgan fingerprint density at radius 3 is 2.70 bits per heavy atom. The first-order valence-corrected chi connectivity index (χ1v) is 8.72. The van der Waals surface area contributed by atoms with Crippen LogP contribution in [0.25, 0.3) is 0 Å². The normalized spacial score (nSPS) is 10.5. The molecule has 0 radical (unpaired) electrons. The number of carbonyl (C=O) groups excluding carboxylic acids is 1. The molecule has 0 aliphatic heterocycles. The maximum atomic E-state index is 12.2. The number of nitrogens with one attached hydrogen (secondary N) is 1. The third-order valence-corrected chi connectivity index (χ3v) is 4.63. The summed E-state index contributed by atoms with van der Waals surface area (Å²) in [6.45, 7) is 0. The van der Waals surface area contributed by atoms with E-state index in [0.29, 0.717) is 22.1 Å². The number of amides is 1. The molecule has 2 aromatic carbocycles. The summed E-state index contributed by atoms with van der Waals surface area (Å²) in [5.74, 6) is -0.208. The third kappa shape index (κ3) is 4.37. The molecule has 3 aromatic rings. The van der Waals surface area contributed by atoms with Gasteiger partial charge in [0, 0.05) is 21.5 Å². The van der Waals surface area contributed by atoms with Crippen molar-refractivity contribution in [3.8, 4) is 0 Å². The Labute approximate surface area is 150 Å². The first kappa shape index (κ1) is 16.1. The molecule has 7 heteroatoms. The molecule has 0 aliphatic rings. The Morgan fingerprint density at radius 1 is 1.17 bits per heavy atom. The number of anilines is 1. The number of hydrogen-bond acceptors (Lipinski definition) is 4. The zero-order valence-electron chi connectivity index (χ0n) is 11.8. The zero-order valence-corrected chi connectivity index (χ0v) is 15.0. The summed E-state index contributed by atoms with van der Waals surface area (Å²) in [4.78, 5) is 12.2. The van der Waals surface area contributed by atoms with Crippen molar-refractivity contribution >= 4 is 49.9 Å². The van der Waals surface area contributed by atoms with Crippen molar-refractivity contribution in [2.45, 2.75) is 6.42 Å². The van der Waals surface area contributed by atoms with Gasteiger partial charge in [0.1, 0.15) is 5.01 Å². The van der Waals surface area contributed by atoms with Crippen LogP contribution in [0.2, 0.25) is 5.02 Å². The third-order valence-electron chi connectivity index (χ3n) is 3.04. The number of hydrogen-bond donors (Lipinski definition) is 1. The highest BCUT2D eigenvalue weighted by molar-refractivity contribution is 9.10. The lowest BCUT2D eigenvalue weighted by molar-refractivity contribution is 0.102. The average Bonchev–Trinajstić information content (AvgIpc) is 2.96. The standard InChI is InChI=1S/C16H11BrClN3OS/c17-12-3-1-2-11(9-12)15(22)19-16-21-20-14(23-16)8-10-4-6-13(18)7-5-10/h1-7,9H,8H2,(H,19,21,22). The van der Waals surface area contributed by atoms with Crippen LogP contribution in [0.15, 0.2) is 53.0 Å². The summed E-state index contributed by atoms with van der Waals surface area (Å²) < 4.78 is 0.853. The van der Waals surface area contributed by atoms with Crippen LogP contribution in [0.1, 0.15) is 20.9 Å². The van der Waals surface area contributed by atoms with E-state index in [4.69, 9.17) is 11.6 Å². The smallest absolute Gasteiger partial charge is 0.257 e. The molecule has 0 unspecified atom stereocenters. The highest BCUT2D eigenvalue weighted by Crippen LogP contribution is 2.21. The predicted octanol–water partition coefficient (Wildman–Crippen LogP) is 4.80. The number of rotatable bonds is 4. The van der Waals surface area contributed by atoms with Crippen molar-refractivity contribution in [2.24, 2.45) is 0 Å². The number of carbonyl (C=O) groups is 1. The van der Waals surface area contributed by atoms with E-state index in [1.807, 2.05) is 36.4 Å². The van der Waals surface area contributed by atoms with Gasteiger partial charge >= 0.3 is 0 Å². The molecule has 116 valence electrons. The first-order valence-electron chi connectivity index (χ1n) is 6.74. The van der Waals surface area contributed by atoms with E-state index in [9.17, 15) is 4.79 Å². The molecule has 0 fully saturated rings. The molecule has 0 saturated heterocycles. The van der Waals surface area contributed by atoms with E-state index in [1.54, 1.807) is 12.1 Å². The Kier molecular flexibility index (Phi) is 5.05. The SMILES string of the molecule is O=C(Nc1nnc(Cc2ccc(Cl)cc2)s1)c1cccc(Br)c1. The predicted molar refractivity (Wildman–Crippen MR) is 96.3 cm³/mol. The molecule has 0 spiro atoms. The number of aromatic nitrogens is 2. The summed E-state index contributed by atoms with van der Waals surface area (Å²) in [6, 6.07) is 14.8. The summed E-state index contributed by atoms with van der Waals surface area (Å²) >= 11 is 10.6. The summed E-state index contributed by atoms with van der Waals surface area (Å²) in [7, 11) is 0. The molecular formula is C16H11BrClN3OS. The highest BCUT2D eigenvalue weighted by atomic mass is 79.9. The van der Waals surface area contributed by atoms with Gasteiger partial charge in [-0.15, -0.1) is 10.2 Å². The van der Waals surface area contributed by atoms with Gasteiger partial charge in [0.2, 0.25) is 5.13 Å². The van der Waals surface area contributed by atoms with Gasteiger partial charge in [-0.3, -0.25) is 10.1 Å². The molecule has 1 N–H and O–H groups in total. The van der Waals surface area contributed by atoms with E-state index >= 15 is 0 Å². The van der Waals surface area contributed by atoms with Gasteiger partial charge in [0.05, 0.1) is 0 Å². The molecule has 1 amide bonds.